The number of primary sulfonamides is 1. The normalized spacial score (nSPS) is 12.4. The maximum atomic E-state index is 11.4. The Labute approximate surface area is 115 Å². The van der Waals surface area contributed by atoms with E-state index in [9.17, 15) is 18.0 Å². The first kappa shape index (κ1) is 15.9. The Morgan fingerprint density at radius 3 is 2.40 bits per heavy atom. The fourth-order valence-electron chi connectivity index (χ4n) is 1.31. The number of sulfonamides is 1. The second-order valence-corrected chi connectivity index (χ2v) is 5.59. The second kappa shape index (κ2) is 6.87. The molecule has 4 N–H and O–H groups in total. The summed E-state index contributed by atoms with van der Waals surface area (Å²) in [5, 5.41) is 15.4. The quantitative estimate of drug-likeness (QED) is 0.657. The second-order valence-electron chi connectivity index (χ2n) is 3.93. The van der Waals surface area contributed by atoms with Crippen molar-refractivity contribution in [1.29, 1.82) is 0 Å². The molecule has 0 bridgehead atoms. The van der Waals surface area contributed by atoms with Crippen LogP contribution in [0.4, 0.5) is 4.79 Å². The monoisotopic (exact) mass is 302 g/mol. The van der Waals surface area contributed by atoms with Crippen molar-refractivity contribution in [2.24, 2.45) is 5.14 Å². The molecule has 0 unspecified atom stereocenters. The summed E-state index contributed by atoms with van der Waals surface area (Å²) in [6.45, 7) is -0.0611. The first-order valence-electron chi connectivity index (χ1n) is 5.48. The van der Waals surface area contributed by atoms with Gasteiger partial charge in [0.2, 0.25) is 10.0 Å². The minimum Gasteiger partial charge on any atom is -0.480 e. The maximum absolute atomic E-state index is 11.4. The topological polar surface area (TPSA) is 136 Å². The fraction of sp³-hybridized carbons (Fsp3) is 0.273. The maximum Gasteiger partial charge on any atom is 0.408 e. The molecule has 8 nitrogen and oxygen atoms in total. The number of hydrogen-bond donors (Lipinski definition) is 3. The SMILES string of the molecule is NS(=O)(=O)C[C@H](NC(=O)OCc1ccccc1)C(=O)O. The predicted octanol–water partition coefficient (Wildman–Crippen LogP) is -0.345. The number of carbonyl (C=O) groups is 2. The number of nitrogens with two attached hydrogens (primary N) is 1. The van der Waals surface area contributed by atoms with Gasteiger partial charge in [0.1, 0.15) is 12.6 Å². The largest absolute Gasteiger partial charge is 0.480 e. The highest BCUT2D eigenvalue weighted by Crippen LogP contribution is 2.01. The fourth-order valence-corrected chi connectivity index (χ4v) is 2.00. The lowest BCUT2D eigenvalue weighted by molar-refractivity contribution is -0.138. The van der Waals surface area contributed by atoms with E-state index in [1.54, 1.807) is 30.3 Å². The Bertz CT molecular complexity index is 572. The molecule has 0 aliphatic heterocycles. The molecule has 0 fully saturated rings. The van der Waals surface area contributed by atoms with Crippen LogP contribution in [-0.4, -0.2) is 37.4 Å². The van der Waals surface area contributed by atoms with E-state index in [1.807, 2.05) is 5.32 Å². The van der Waals surface area contributed by atoms with Crippen molar-refractivity contribution >= 4 is 22.1 Å². The highest BCUT2D eigenvalue weighted by Gasteiger charge is 2.25. The summed E-state index contributed by atoms with van der Waals surface area (Å²) in [7, 11) is -4.03. The van der Waals surface area contributed by atoms with Gasteiger partial charge in [0.05, 0.1) is 5.75 Å². The van der Waals surface area contributed by atoms with Gasteiger partial charge in [-0.2, -0.15) is 0 Å². The summed E-state index contributed by atoms with van der Waals surface area (Å²) < 4.78 is 26.4. The molecule has 0 spiro atoms. The van der Waals surface area contributed by atoms with E-state index in [0.29, 0.717) is 5.56 Å². The average Bonchev–Trinajstić information content (AvgIpc) is 2.35. The van der Waals surface area contributed by atoms with Crippen molar-refractivity contribution in [3.8, 4) is 0 Å². The molecule has 0 aromatic heterocycles. The zero-order valence-electron chi connectivity index (χ0n) is 10.4. The number of benzene rings is 1. The van der Waals surface area contributed by atoms with Crippen molar-refractivity contribution in [2.45, 2.75) is 12.6 Å². The van der Waals surface area contributed by atoms with Crippen LogP contribution in [0.1, 0.15) is 5.56 Å². The Hall–Kier alpha value is -2.13. The Balaban J connectivity index is 2.52. The summed E-state index contributed by atoms with van der Waals surface area (Å²) in [4.78, 5) is 22.2. The van der Waals surface area contributed by atoms with Crippen LogP contribution in [0.15, 0.2) is 30.3 Å². The van der Waals surface area contributed by atoms with E-state index in [2.05, 4.69) is 0 Å². The van der Waals surface area contributed by atoms with Gasteiger partial charge in [-0.3, -0.25) is 0 Å². The van der Waals surface area contributed by atoms with E-state index in [-0.39, 0.29) is 6.61 Å². The molecule has 110 valence electrons. The van der Waals surface area contributed by atoms with Crippen LogP contribution in [-0.2, 0) is 26.2 Å². The number of rotatable bonds is 6. The predicted molar refractivity (Wildman–Crippen MR) is 69.2 cm³/mol. The van der Waals surface area contributed by atoms with Gasteiger partial charge in [0.15, 0.2) is 0 Å². The molecule has 0 saturated carbocycles. The van der Waals surface area contributed by atoms with E-state index in [0.717, 1.165) is 0 Å². The molecule has 1 rings (SSSR count). The number of ether oxygens (including phenoxy) is 1. The molecular formula is C11H14N2O6S. The van der Waals surface area contributed by atoms with Crippen molar-refractivity contribution in [2.75, 3.05) is 5.75 Å². The first-order chi connectivity index (χ1) is 9.28. The van der Waals surface area contributed by atoms with Crippen LogP contribution in [0, 0.1) is 0 Å². The number of carboxylic acids is 1. The van der Waals surface area contributed by atoms with Gasteiger partial charge in [0, 0.05) is 0 Å². The third-order valence-corrected chi connectivity index (χ3v) is 3.00. The summed E-state index contributed by atoms with van der Waals surface area (Å²) in [6.07, 6.45) is -1.04. The van der Waals surface area contributed by atoms with Gasteiger partial charge in [-0.15, -0.1) is 0 Å². The highest BCUT2D eigenvalue weighted by molar-refractivity contribution is 7.89. The molecule has 0 heterocycles. The number of carboxylic acid groups (broad SMARTS) is 1. The zero-order chi connectivity index (χ0) is 15.2. The molecule has 0 aliphatic rings. The lowest BCUT2D eigenvalue weighted by Gasteiger charge is -2.13. The van der Waals surface area contributed by atoms with Crippen molar-refractivity contribution in [3.05, 3.63) is 35.9 Å². The van der Waals surface area contributed by atoms with Gasteiger partial charge in [-0.1, -0.05) is 30.3 Å². The van der Waals surface area contributed by atoms with E-state index in [4.69, 9.17) is 15.0 Å². The standard InChI is InChI=1S/C11H14N2O6S/c12-20(17,18)7-9(10(14)15)13-11(16)19-6-8-4-2-1-3-5-8/h1-5,9H,6-7H2,(H,13,16)(H,14,15)(H2,12,17,18)/t9-/m0/s1. The highest BCUT2D eigenvalue weighted by atomic mass is 32.2. The third kappa shape index (κ3) is 6.16. The minimum atomic E-state index is -4.03. The number of aliphatic carboxylic acids is 1. The van der Waals surface area contributed by atoms with Crippen molar-refractivity contribution < 1.29 is 27.9 Å². The lowest BCUT2D eigenvalue weighted by Crippen LogP contribution is -2.46. The number of alkyl carbamates (subject to hydrolysis) is 1. The number of hydrogen-bond acceptors (Lipinski definition) is 5. The van der Waals surface area contributed by atoms with E-state index < -0.39 is 33.9 Å². The minimum absolute atomic E-state index is 0.0611. The number of nitrogens with one attached hydrogen (secondary N) is 1. The Kier molecular flexibility index (Phi) is 5.47. The smallest absolute Gasteiger partial charge is 0.408 e. The molecule has 1 aromatic carbocycles. The molecule has 1 aromatic rings. The summed E-state index contributed by atoms with van der Waals surface area (Å²) in [6, 6.07) is 7.05. The van der Waals surface area contributed by atoms with Gasteiger partial charge in [-0.05, 0) is 5.56 Å². The lowest BCUT2D eigenvalue weighted by atomic mass is 10.2. The van der Waals surface area contributed by atoms with Crippen LogP contribution in [0.2, 0.25) is 0 Å². The molecule has 1 atom stereocenters. The van der Waals surface area contributed by atoms with E-state index in [1.165, 1.54) is 0 Å². The summed E-state index contributed by atoms with van der Waals surface area (Å²) in [5.74, 6) is -2.43. The summed E-state index contributed by atoms with van der Waals surface area (Å²) >= 11 is 0. The number of amides is 1. The van der Waals surface area contributed by atoms with Crippen LogP contribution >= 0.6 is 0 Å². The molecule has 0 radical (unpaired) electrons. The van der Waals surface area contributed by atoms with Crippen LogP contribution in [0.25, 0.3) is 0 Å². The molecule has 0 saturated heterocycles. The van der Waals surface area contributed by atoms with Crippen molar-refractivity contribution in [3.63, 3.8) is 0 Å². The first-order valence-corrected chi connectivity index (χ1v) is 7.20. The average molecular weight is 302 g/mol. The van der Waals surface area contributed by atoms with Gasteiger partial charge >= 0.3 is 12.1 Å². The van der Waals surface area contributed by atoms with Gasteiger partial charge in [-0.25, -0.2) is 23.1 Å². The van der Waals surface area contributed by atoms with Crippen LogP contribution in [0.5, 0.6) is 0 Å². The van der Waals surface area contributed by atoms with E-state index >= 15 is 0 Å². The Morgan fingerprint density at radius 2 is 1.90 bits per heavy atom. The van der Waals surface area contributed by atoms with Crippen molar-refractivity contribution in [1.82, 2.24) is 5.32 Å². The van der Waals surface area contributed by atoms with Gasteiger partial charge in [0.25, 0.3) is 0 Å². The molecular weight excluding hydrogens is 288 g/mol. The van der Waals surface area contributed by atoms with Crippen LogP contribution in [0.3, 0.4) is 0 Å². The molecule has 0 aliphatic carbocycles. The Morgan fingerprint density at radius 1 is 1.30 bits per heavy atom. The third-order valence-electron chi connectivity index (χ3n) is 2.20. The van der Waals surface area contributed by atoms with Gasteiger partial charge < -0.3 is 15.2 Å². The molecule has 20 heavy (non-hydrogen) atoms. The number of carbonyl (C=O) groups excluding carboxylic acids is 1. The summed E-state index contributed by atoms with van der Waals surface area (Å²) in [5.41, 5.74) is 0.709. The molecule has 1 amide bonds. The zero-order valence-corrected chi connectivity index (χ0v) is 11.2. The van der Waals surface area contributed by atoms with Crippen LogP contribution < -0.4 is 10.5 Å². The molecule has 9 heteroatoms.